The molecule has 1 aromatic carbocycles. The van der Waals surface area contributed by atoms with Gasteiger partial charge < -0.3 is 14.6 Å². The average Bonchev–Trinajstić information content (AvgIpc) is 2.86. The lowest BCUT2D eigenvalue weighted by Gasteiger charge is -2.19. The second-order valence-corrected chi connectivity index (χ2v) is 4.78. The van der Waals surface area contributed by atoms with Crippen molar-refractivity contribution in [2.24, 2.45) is 0 Å². The molecule has 2 rings (SSSR count). The van der Waals surface area contributed by atoms with Gasteiger partial charge in [0.05, 0.1) is 12.8 Å². The third-order valence-corrected chi connectivity index (χ3v) is 3.37. The van der Waals surface area contributed by atoms with Crippen LogP contribution in [-0.2, 0) is 19.5 Å². The van der Waals surface area contributed by atoms with Crippen molar-refractivity contribution in [1.29, 1.82) is 0 Å². The van der Waals surface area contributed by atoms with Crippen LogP contribution in [0.4, 0.5) is 5.69 Å². The van der Waals surface area contributed by atoms with Crippen molar-refractivity contribution in [2.75, 3.05) is 19.0 Å². The summed E-state index contributed by atoms with van der Waals surface area (Å²) in [5, 5.41) is 3.16. The third-order valence-electron chi connectivity index (χ3n) is 3.37. The zero-order valence-corrected chi connectivity index (χ0v) is 11.9. The molecule has 1 aromatic heterocycles. The maximum Gasteiger partial charge on any atom is 0.127 e. The van der Waals surface area contributed by atoms with E-state index in [1.165, 1.54) is 16.8 Å². The fourth-order valence-electron chi connectivity index (χ4n) is 2.15. The summed E-state index contributed by atoms with van der Waals surface area (Å²) in [7, 11) is 4.04. The summed E-state index contributed by atoms with van der Waals surface area (Å²) >= 11 is 0. The van der Waals surface area contributed by atoms with Gasteiger partial charge in [0.1, 0.15) is 5.76 Å². The quantitative estimate of drug-likeness (QED) is 0.862. The molecule has 0 aliphatic rings. The summed E-state index contributed by atoms with van der Waals surface area (Å²) in [6.07, 6.45) is 2.84. The maximum absolute atomic E-state index is 5.57. The van der Waals surface area contributed by atoms with Gasteiger partial charge in [-0.25, -0.2) is 0 Å². The lowest BCUT2D eigenvalue weighted by Crippen LogP contribution is -2.17. The summed E-state index contributed by atoms with van der Waals surface area (Å²) in [5.74, 6) is 1.02. The van der Waals surface area contributed by atoms with Gasteiger partial charge in [-0.2, -0.15) is 0 Å². The maximum atomic E-state index is 5.57. The standard InChI is InChI=1S/C16H22N2O/c1-4-13-5-7-15(8-6-13)18(3)12-16-14(11-17-2)9-10-19-16/h5-10,17H,4,11-12H2,1-3H3. The molecular formula is C16H22N2O. The van der Waals surface area contributed by atoms with E-state index in [9.17, 15) is 0 Å². The molecule has 0 saturated carbocycles. The van der Waals surface area contributed by atoms with Crippen LogP contribution in [0.25, 0.3) is 0 Å². The third kappa shape index (κ3) is 3.38. The highest BCUT2D eigenvalue weighted by Crippen LogP contribution is 2.19. The van der Waals surface area contributed by atoms with Gasteiger partial charge in [0.2, 0.25) is 0 Å². The lowest BCUT2D eigenvalue weighted by molar-refractivity contribution is 0.501. The van der Waals surface area contributed by atoms with Crippen LogP contribution < -0.4 is 10.2 Å². The highest BCUT2D eigenvalue weighted by Gasteiger charge is 2.09. The molecule has 3 nitrogen and oxygen atoms in total. The van der Waals surface area contributed by atoms with Crippen LogP contribution >= 0.6 is 0 Å². The highest BCUT2D eigenvalue weighted by atomic mass is 16.3. The Morgan fingerprint density at radius 1 is 1.16 bits per heavy atom. The van der Waals surface area contributed by atoms with Crippen LogP contribution in [0, 0.1) is 0 Å². The van der Waals surface area contributed by atoms with E-state index in [4.69, 9.17) is 4.42 Å². The number of benzene rings is 1. The minimum atomic E-state index is 0.787. The molecule has 19 heavy (non-hydrogen) atoms. The zero-order valence-electron chi connectivity index (χ0n) is 11.9. The van der Waals surface area contributed by atoms with E-state index < -0.39 is 0 Å². The second kappa shape index (κ2) is 6.43. The Kier molecular flexibility index (Phi) is 4.63. The Labute approximate surface area is 115 Å². The van der Waals surface area contributed by atoms with E-state index in [1.807, 2.05) is 13.1 Å². The van der Waals surface area contributed by atoms with Gasteiger partial charge in [0.25, 0.3) is 0 Å². The van der Waals surface area contributed by atoms with E-state index in [2.05, 4.69) is 48.5 Å². The Bertz CT molecular complexity index is 502. The van der Waals surface area contributed by atoms with Gasteiger partial charge in [-0.15, -0.1) is 0 Å². The molecule has 0 atom stereocenters. The molecule has 102 valence electrons. The van der Waals surface area contributed by atoms with Crippen LogP contribution in [-0.4, -0.2) is 14.1 Å². The SMILES string of the molecule is CCc1ccc(N(C)Cc2occc2CNC)cc1. The molecule has 0 saturated heterocycles. The lowest BCUT2D eigenvalue weighted by atomic mass is 10.1. The van der Waals surface area contributed by atoms with Crippen molar-refractivity contribution < 1.29 is 4.42 Å². The van der Waals surface area contributed by atoms with Crippen molar-refractivity contribution in [3.8, 4) is 0 Å². The molecule has 1 N–H and O–H groups in total. The fourth-order valence-corrected chi connectivity index (χ4v) is 2.15. The molecule has 0 bridgehead atoms. The summed E-state index contributed by atoms with van der Waals surface area (Å²) in [6, 6.07) is 10.7. The first kappa shape index (κ1) is 13.7. The number of rotatable bonds is 6. The van der Waals surface area contributed by atoms with Gasteiger partial charge in [-0.1, -0.05) is 19.1 Å². The summed E-state index contributed by atoms with van der Waals surface area (Å²) in [5.41, 5.74) is 3.80. The monoisotopic (exact) mass is 258 g/mol. The largest absolute Gasteiger partial charge is 0.467 e. The smallest absolute Gasteiger partial charge is 0.127 e. The fraction of sp³-hybridized carbons (Fsp3) is 0.375. The summed E-state index contributed by atoms with van der Waals surface area (Å²) in [6.45, 7) is 3.80. The molecule has 0 fully saturated rings. The first-order chi connectivity index (χ1) is 9.24. The first-order valence-corrected chi connectivity index (χ1v) is 6.74. The molecular weight excluding hydrogens is 236 g/mol. The number of aryl methyl sites for hydroxylation is 1. The Hall–Kier alpha value is -1.74. The van der Waals surface area contributed by atoms with Gasteiger partial charge in [-0.3, -0.25) is 0 Å². The minimum Gasteiger partial charge on any atom is -0.467 e. The van der Waals surface area contributed by atoms with E-state index in [0.717, 1.165) is 25.3 Å². The minimum absolute atomic E-state index is 0.787. The number of anilines is 1. The predicted octanol–water partition coefficient (Wildman–Crippen LogP) is 3.20. The van der Waals surface area contributed by atoms with Crippen molar-refractivity contribution >= 4 is 5.69 Å². The highest BCUT2D eigenvalue weighted by molar-refractivity contribution is 5.47. The zero-order chi connectivity index (χ0) is 13.7. The van der Waals surface area contributed by atoms with Crippen molar-refractivity contribution in [3.63, 3.8) is 0 Å². The Balaban J connectivity index is 2.06. The first-order valence-electron chi connectivity index (χ1n) is 6.74. The second-order valence-electron chi connectivity index (χ2n) is 4.78. The van der Waals surface area contributed by atoms with Gasteiger partial charge in [-0.05, 0) is 37.2 Å². The summed E-state index contributed by atoms with van der Waals surface area (Å²) in [4.78, 5) is 2.21. The average molecular weight is 258 g/mol. The van der Waals surface area contributed by atoms with Crippen LogP contribution in [0.3, 0.4) is 0 Å². The number of furan rings is 1. The molecule has 0 radical (unpaired) electrons. The number of hydrogen-bond donors (Lipinski definition) is 1. The molecule has 1 heterocycles. The topological polar surface area (TPSA) is 28.4 Å². The van der Waals surface area contributed by atoms with Crippen LogP contribution in [0.1, 0.15) is 23.8 Å². The molecule has 0 aliphatic carbocycles. The molecule has 0 spiro atoms. The van der Waals surface area contributed by atoms with Crippen molar-refractivity contribution in [1.82, 2.24) is 5.32 Å². The van der Waals surface area contributed by atoms with Crippen LogP contribution in [0.5, 0.6) is 0 Å². The van der Waals surface area contributed by atoms with Gasteiger partial charge in [0.15, 0.2) is 0 Å². The Morgan fingerprint density at radius 3 is 2.53 bits per heavy atom. The normalized spacial score (nSPS) is 10.7. The molecule has 0 unspecified atom stereocenters. The van der Waals surface area contributed by atoms with Crippen molar-refractivity contribution in [3.05, 3.63) is 53.5 Å². The molecule has 0 aliphatic heterocycles. The van der Waals surface area contributed by atoms with E-state index >= 15 is 0 Å². The van der Waals surface area contributed by atoms with Gasteiger partial charge in [0, 0.05) is 24.8 Å². The van der Waals surface area contributed by atoms with Gasteiger partial charge >= 0.3 is 0 Å². The summed E-state index contributed by atoms with van der Waals surface area (Å²) < 4.78 is 5.57. The molecule has 3 heteroatoms. The molecule has 0 amide bonds. The molecule has 2 aromatic rings. The van der Waals surface area contributed by atoms with Crippen LogP contribution in [0.2, 0.25) is 0 Å². The van der Waals surface area contributed by atoms with E-state index in [1.54, 1.807) is 6.26 Å². The van der Waals surface area contributed by atoms with Crippen molar-refractivity contribution in [2.45, 2.75) is 26.4 Å². The number of nitrogens with one attached hydrogen (secondary N) is 1. The van der Waals surface area contributed by atoms with Crippen LogP contribution in [0.15, 0.2) is 41.0 Å². The Morgan fingerprint density at radius 2 is 1.89 bits per heavy atom. The number of nitrogens with zero attached hydrogens (tertiary/aromatic N) is 1. The predicted molar refractivity (Wildman–Crippen MR) is 79.4 cm³/mol. The van der Waals surface area contributed by atoms with E-state index in [-0.39, 0.29) is 0 Å². The number of hydrogen-bond acceptors (Lipinski definition) is 3. The van der Waals surface area contributed by atoms with E-state index in [0.29, 0.717) is 0 Å².